The van der Waals surface area contributed by atoms with Gasteiger partial charge in [-0.1, -0.05) is 0 Å². The fraction of sp³-hybridized carbons (Fsp3) is 0.800. The molecule has 0 bridgehead atoms. The van der Waals surface area contributed by atoms with E-state index in [9.17, 15) is 38.2 Å². The zero-order valence-electron chi connectivity index (χ0n) is 29.9. The lowest BCUT2D eigenvalue weighted by Crippen LogP contribution is -3.11. The number of nitrogens with one attached hydrogen (secondary N) is 1. The fourth-order valence-electron chi connectivity index (χ4n) is 5.18. The van der Waals surface area contributed by atoms with Crippen LogP contribution in [0.2, 0.25) is 0 Å². The van der Waals surface area contributed by atoms with Crippen LogP contribution < -0.4 is 9.79 Å². The van der Waals surface area contributed by atoms with Gasteiger partial charge in [0, 0.05) is 41.5 Å². The molecule has 0 aromatic rings. The van der Waals surface area contributed by atoms with Crippen molar-refractivity contribution in [2.75, 3.05) is 26.2 Å². The third-order valence-corrected chi connectivity index (χ3v) is 7.64. The van der Waals surface area contributed by atoms with Crippen molar-refractivity contribution in [3.8, 4) is 0 Å². The smallest absolute Gasteiger partial charge is 0.491 e. The highest BCUT2D eigenvalue weighted by atomic mass is 31.1. The van der Waals surface area contributed by atoms with E-state index >= 15 is 0 Å². The number of hydrogen-bond acceptors (Lipinski definition) is 18. The lowest BCUT2D eigenvalue weighted by molar-refractivity contribution is -0.894. The van der Waals surface area contributed by atoms with Crippen LogP contribution in [0.25, 0.3) is 0 Å². The van der Waals surface area contributed by atoms with Crippen LogP contribution in [0, 0.1) is 0 Å². The Labute approximate surface area is 291 Å². The summed E-state index contributed by atoms with van der Waals surface area (Å²) >= 11 is 0. The molecule has 0 amide bonds. The van der Waals surface area contributed by atoms with Gasteiger partial charge in [0.05, 0.1) is 25.7 Å². The maximum Gasteiger partial charge on any atom is 0.491 e. The standard InChI is InChI=1S/C24H33O18P.C6H15N/c1-9-17(19(36-12(4)27)22(39-15(7)30)24(34-9)42-43(31)32)41-23-21(38-14(6)29)20(37-13(5)28)18(35-11(3)26)16(40-23)8-33-10(2)25;1-4-7(5-2)6-3/h9,16-24H,8H2,1-7H3;4-6H2,1-3H3/p+1/t9-,16-,17-,18+,19+,20+,21-,22+,23+,24-;/m1./s1. The van der Waals surface area contributed by atoms with E-state index in [1.807, 2.05) is 0 Å². The van der Waals surface area contributed by atoms with Gasteiger partial charge in [0.1, 0.15) is 18.8 Å². The first-order valence-corrected chi connectivity index (χ1v) is 17.0. The van der Waals surface area contributed by atoms with Crippen LogP contribution in [-0.2, 0) is 80.5 Å². The van der Waals surface area contributed by atoms with Gasteiger partial charge in [-0.05, 0) is 32.3 Å². The van der Waals surface area contributed by atoms with E-state index in [0.29, 0.717) is 0 Å². The van der Waals surface area contributed by atoms with Crippen LogP contribution in [0.5, 0.6) is 0 Å². The highest BCUT2D eigenvalue weighted by Crippen LogP contribution is 2.36. The van der Waals surface area contributed by atoms with Crippen LogP contribution in [0.4, 0.5) is 0 Å². The van der Waals surface area contributed by atoms with Gasteiger partial charge in [-0.3, -0.25) is 28.8 Å². The Balaban J connectivity index is 0.00000161. The van der Waals surface area contributed by atoms with E-state index in [-0.39, 0.29) is 0 Å². The summed E-state index contributed by atoms with van der Waals surface area (Å²) in [5.74, 6) is -5.23. The molecule has 20 heteroatoms. The quantitative estimate of drug-likeness (QED) is 0.128. The Hall–Kier alpha value is -3.32. The molecule has 2 fully saturated rings. The predicted octanol–water partition coefficient (Wildman–Crippen LogP) is -0.972. The molecule has 0 radical (unpaired) electrons. The van der Waals surface area contributed by atoms with Crippen LogP contribution in [0.1, 0.15) is 69.2 Å². The average molecular weight is 743 g/mol. The summed E-state index contributed by atoms with van der Waals surface area (Å²) in [6, 6.07) is 0. The predicted molar refractivity (Wildman–Crippen MR) is 164 cm³/mol. The monoisotopic (exact) mass is 742 g/mol. The zero-order chi connectivity index (χ0) is 38.3. The van der Waals surface area contributed by atoms with E-state index < -0.39 is 112 Å². The topological polar surface area (TPSA) is 239 Å². The summed E-state index contributed by atoms with van der Waals surface area (Å²) in [4.78, 5) is 84.7. The first-order chi connectivity index (χ1) is 23.3. The van der Waals surface area contributed by atoms with Gasteiger partial charge in [-0.2, -0.15) is 0 Å². The molecule has 1 unspecified atom stereocenters. The van der Waals surface area contributed by atoms with Crippen LogP contribution in [-0.4, -0.2) is 123 Å². The summed E-state index contributed by atoms with van der Waals surface area (Å²) < 4.78 is 65.2. The first kappa shape index (κ1) is 44.7. The molecule has 0 aliphatic carbocycles. The Morgan fingerprint density at radius 3 is 1.38 bits per heavy atom. The summed E-state index contributed by atoms with van der Waals surface area (Å²) in [6.07, 6.45) is -15.5. The summed E-state index contributed by atoms with van der Waals surface area (Å²) in [5.41, 5.74) is 0. The molecule has 50 heavy (non-hydrogen) atoms. The lowest BCUT2D eigenvalue weighted by Gasteiger charge is -2.47. The second-order valence-corrected chi connectivity index (χ2v) is 11.8. The van der Waals surface area contributed by atoms with Crippen molar-refractivity contribution in [1.82, 2.24) is 0 Å². The SMILES string of the molecule is CC(=O)OC[C@H]1O[C@@H](O[C@H]2[C@H](OC(C)=O)[C@H](OC(C)=O)[C@@H](O[P+](=O)[O-])O[C@@H]2C)[C@H](OC(C)=O)[C@@H](OC(C)=O)[C@H]1OC(C)=O.CC[NH+](CC)CC. The number of carbonyl (C=O) groups excluding carboxylic acids is 6. The van der Waals surface area contributed by atoms with Crippen LogP contribution >= 0.6 is 8.25 Å². The molecule has 0 spiro atoms. The normalized spacial score (nSPS) is 29.3. The van der Waals surface area contributed by atoms with Gasteiger partial charge in [-0.25, -0.2) is 0 Å². The molecular weight excluding hydrogens is 693 g/mol. The summed E-state index contributed by atoms with van der Waals surface area (Å²) in [7, 11) is -3.54. The zero-order valence-corrected chi connectivity index (χ0v) is 30.8. The fourth-order valence-corrected chi connectivity index (χ4v) is 5.52. The number of quaternary nitrogens is 1. The molecule has 0 aromatic carbocycles. The molecular formula is C30H49NO18P+. The first-order valence-electron chi connectivity index (χ1n) is 15.9. The molecule has 2 rings (SSSR count). The van der Waals surface area contributed by atoms with Crippen molar-refractivity contribution >= 4 is 44.1 Å². The van der Waals surface area contributed by atoms with Gasteiger partial charge in [0.25, 0.3) is 6.29 Å². The van der Waals surface area contributed by atoms with Crippen molar-refractivity contribution < 1.29 is 90.3 Å². The molecule has 11 atom stereocenters. The van der Waals surface area contributed by atoms with Crippen molar-refractivity contribution in [2.45, 2.75) is 131 Å². The summed E-state index contributed by atoms with van der Waals surface area (Å²) in [6.45, 7) is 17.5. The van der Waals surface area contributed by atoms with Crippen molar-refractivity contribution in [2.24, 2.45) is 0 Å². The maximum absolute atomic E-state index is 12.1. The highest BCUT2D eigenvalue weighted by molar-refractivity contribution is 7.30. The number of esters is 6. The second kappa shape index (κ2) is 21.8. The van der Waals surface area contributed by atoms with Crippen molar-refractivity contribution in [1.29, 1.82) is 0 Å². The molecule has 2 aliphatic rings. The number of carbonyl (C=O) groups is 6. The third kappa shape index (κ3) is 14.9. The largest absolute Gasteiger partial charge is 0.566 e. The van der Waals surface area contributed by atoms with Crippen molar-refractivity contribution in [3.63, 3.8) is 0 Å². The van der Waals surface area contributed by atoms with E-state index in [2.05, 4.69) is 20.8 Å². The van der Waals surface area contributed by atoms with E-state index in [1.165, 1.54) is 26.6 Å². The minimum atomic E-state index is -3.54. The second-order valence-electron chi connectivity index (χ2n) is 11.2. The molecule has 2 aliphatic heterocycles. The molecule has 2 saturated heterocycles. The summed E-state index contributed by atoms with van der Waals surface area (Å²) in [5, 5.41) is 0. The van der Waals surface area contributed by atoms with E-state index in [4.69, 9.17) is 47.2 Å². The highest BCUT2D eigenvalue weighted by Gasteiger charge is 2.57. The molecule has 1 N–H and O–H groups in total. The van der Waals surface area contributed by atoms with Crippen molar-refractivity contribution in [3.05, 3.63) is 0 Å². The van der Waals surface area contributed by atoms with Gasteiger partial charge in [-0.15, -0.1) is 4.52 Å². The third-order valence-electron chi connectivity index (χ3n) is 7.26. The number of hydrogen-bond donors (Lipinski definition) is 1. The Morgan fingerprint density at radius 1 is 0.600 bits per heavy atom. The maximum atomic E-state index is 12.1. The molecule has 0 saturated carbocycles. The van der Waals surface area contributed by atoms with Gasteiger partial charge in [0.15, 0.2) is 36.8 Å². The van der Waals surface area contributed by atoms with Gasteiger partial charge >= 0.3 is 44.1 Å². The molecule has 286 valence electrons. The Bertz CT molecular complexity index is 1180. The van der Waals surface area contributed by atoms with Crippen LogP contribution in [0.3, 0.4) is 0 Å². The number of rotatable bonds is 14. The molecule has 2 heterocycles. The minimum Gasteiger partial charge on any atom is -0.566 e. The minimum absolute atomic E-state index is 0.551. The Morgan fingerprint density at radius 2 is 1.00 bits per heavy atom. The Kier molecular flexibility index (Phi) is 19.5. The molecule has 19 nitrogen and oxygen atoms in total. The van der Waals surface area contributed by atoms with Gasteiger partial charge < -0.3 is 52.4 Å². The van der Waals surface area contributed by atoms with Gasteiger partial charge in [0.2, 0.25) is 0 Å². The number of ether oxygens (including phenoxy) is 9. The lowest BCUT2D eigenvalue weighted by atomic mass is 9.96. The molecule has 0 aromatic heterocycles. The van der Waals surface area contributed by atoms with E-state index in [1.54, 1.807) is 4.90 Å². The average Bonchev–Trinajstić information content (AvgIpc) is 2.98. The van der Waals surface area contributed by atoms with E-state index in [0.717, 1.165) is 41.5 Å². The van der Waals surface area contributed by atoms with Crippen LogP contribution in [0.15, 0.2) is 0 Å².